The van der Waals surface area contributed by atoms with E-state index in [0.29, 0.717) is 44.9 Å². The third-order valence-electron chi connectivity index (χ3n) is 4.87. The molecule has 3 rings (SSSR count). The van der Waals surface area contributed by atoms with Crippen LogP contribution in [0.2, 0.25) is 0 Å². The third-order valence-corrected chi connectivity index (χ3v) is 4.87. The molecule has 2 aliphatic rings. The molecule has 0 unspecified atom stereocenters. The topological polar surface area (TPSA) is 78.7 Å². The third kappa shape index (κ3) is 3.54. The van der Waals surface area contributed by atoms with Crippen LogP contribution in [0, 0.1) is 16.7 Å². The van der Waals surface area contributed by atoms with Crippen LogP contribution in [-0.4, -0.2) is 62.3 Å². The summed E-state index contributed by atoms with van der Waals surface area (Å²) in [5.74, 6) is 1.40. The van der Waals surface area contributed by atoms with E-state index in [-0.39, 0.29) is 12.0 Å². The number of hydrogen-bond donors (Lipinski definition) is 0. The summed E-state index contributed by atoms with van der Waals surface area (Å²) in [6.07, 6.45) is 3.34. The Morgan fingerprint density at radius 3 is 2.92 bits per heavy atom. The summed E-state index contributed by atoms with van der Waals surface area (Å²) >= 11 is 0. The quantitative estimate of drug-likeness (QED) is 0.822. The molecule has 1 aromatic heterocycles. The number of likely N-dealkylation sites (tertiary alicyclic amines) is 1. The Hall–Kier alpha value is -2.33. The van der Waals surface area contributed by atoms with Crippen LogP contribution in [0.1, 0.15) is 19.3 Å². The molecule has 25 heavy (non-hydrogen) atoms. The van der Waals surface area contributed by atoms with Crippen LogP contribution in [0.15, 0.2) is 18.3 Å². The van der Waals surface area contributed by atoms with E-state index in [4.69, 9.17) is 9.47 Å². The Balaban J connectivity index is 1.66. The molecule has 0 aliphatic carbocycles. The molecular formula is C18H24N4O3. The molecule has 0 N–H and O–H groups in total. The van der Waals surface area contributed by atoms with Crippen molar-refractivity contribution in [1.29, 1.82) is 5.26 Å². The lowest BCUT2D eigenvalue weighted by atomic mass is 9.80. The van der Waals surface area contributed by atoms with Gasteiger partial charge in [0.05, 0.1) is 12.6 Å². The highest BCUT2D eigenvalue weighted by atomic mass is 16.5. The van der Waals surface area contributed by atoms with Gasteiger partial charge in [0, 0.05) is 46.5 Å². The van der Waals surface area contributed by atoms with Crippen LogP contribution in [0.25, 0.3) is 0 Å². The summed E-state index contributed by atoms with van der Waals surface area (Å²) in [5.41, 5.74) is -0.934. The molecule has 2 aliphatic heterocycles. The number of hydrogen-bond acceptors (Lipinski definition) is 6. The molecule has 1 aromatic rings. The van der Waals surface area contributed by atoms with Gasteiger partial charge in [0.15, 0.2) is 11.6 Å². The summed E-state index contributed by atoms with van der Waals surface area (Å²) in [7, 11) is 3.84. The molecule has 134 valence electrons. The number of carbonyl (C=O) groups excluding carboxylic acids is 1. The molecule has 2 saturated heterocycles. The van der Waals surface area contributed by atoms with E-state index >= 15 is 0 Å². The van der Waals surface area contributed by atoms with E-state index in [2.05, 4.69) is 11.1 Å². The molecule has 3 heterocycles. The highest BCUT2D eigenvalue weighted by Gasteiger charge is 2.45. The number of amides is 1. The SMILES string of the molecule is CN(C)c1ncccc1O[C@@H]1CCN(C(=O)C2(C#N)CCOCC2)C1. The van der Waals surface area contributed by atoms with Crippen LogP contribution < -0.4 is 9.64 Å². The number of anilines is 1. The largest absolute Gasteiger partial charge is 0.485 e. The molecule has 0 radical (unpaired) electrons. The van der Waals surface area contributed by atoms with E-state index in [1.165, 1.54) is 0 Å². The van der Waals surface area contributed by atoms with Crippen LogP contribution in [0.4, 0.5) is 5.82 Å². The monoisotopic (exact) mass is 344 g/mol. The Labute approximate surface area is 148 Å². The average molecular weight is 344 g/mol. The molecule has 2 fully saturated rings. The second-order valence-electron chi connectivity index (χ2n) is 6.81. The molecule has 1 atom stereocenters. The molecule has 1 amide bonds. The van der Waals surface area contributed by atoms with Gasteiger partial charge in [-0.05, 0) is 25.0 Å². The van der Waals surface area contributed by atoms with Gasteiger partial charge in [-0.25, -0.2) is 4.98 Å². The number of ether oxygens (including phenoxy) is 2. The Morgan fingerprint density at radius 1 is 1.48 bits per heavy atom. The summed E-state index contributed by atoms with van der Waals surface area (Å²) in [5, 5.41) is 9.57. The Morgan fingerprint density at radius 2 is 2.24 bits per heavy atom. The van der Waals surface area contributed by atoms with Gasteiger partial charge in [-0.1, -0.05) is 0 Å². The second-order valence-corrected chi connectivity index (χ2v) is 6.81. The summed E-state index contributed by atoms with van der Waals surface area (Å²) < 4.78 is 11.4. The maximum Gasteiger partial charge on any atom is 0.243 e. The van der Waals surface area contributed by atoms with Gasteiger partial charge in [0.1, 0.15) is 11.5 Å². The van der Waals surface area contributed by atoms with Crippen molar-refractivity contribution < 1.29 is 14.3 Å². The van der Waals surface area contributed by atoms with Crippen LogP contribution in [0.5, 0.6) is 5.75 Å². The zero-order valence-electron chi connectivity index (χ0n) is 14.8. The van der Waals surface area contributed by atoms with Crippen molar-refractivity contribution in [2.24, 2.45) is 5.41 Å². The maximum atomic E-state index is 12.9. The number of nitriles is 1. The van der Waals surface area contributed by atoms with Gasteiger partial charge >= 0.3 is 0 Å². The van der Waals surface area contributed by atoms with Gasteiger partial charge in [-0.15, -0.1) is 0 Å². The zero-order chi connectivity index (χ0) is 17.9. The van der Waals surface area contributed by atoms with E-state index in [0.717, 1.165) is 12.2 Å². The van der Waals surface area contributed by atoms with Crippen molar-refractivity contribution in [3.63, 3.8) is 0 Å². The first kappa shape index (κ1) is 17.5. The molecule has 0 spiro atoms. The zero-order valence-corrected chi connectivity index (χ0v) is 14.8. The van der Waals surface area contributed by atoms with Crippen molar-refractivity contribution in [2.45, 2.75) is 25.4 Å². The number of carbonyl (C=O) groups is 1. The Kier molecular flexibility index (Phi) is 5.09. The van der Waals surface area contributed by atoms with Crippen molar-refractivity contribution in [2.75, 3.05) is 45.3 Å². The van der Waals surface area contributed by atoms with E-state index in [9.17, 15) is 10.1 Å². The van der Waals surface area contributed by atoms with Gasteiger partial charge in [0.25, 0.3) is 0 Å². The van der Waals surface area contributed by atoms with Crippen molar-refractivity contribution >= 4 is 11.7 Å². The first-order valence-corrected chi connectivity index (χ1v) is 8.63. The van der Waals surface area contributed by atoms with E-state index in [1.807, 2.05) is 31.1 Å². The van der Waals surface area contributed by atoms with Crippen LogP contribution >= 0.6 is 0 Å². The first-order chi connectivity index (χ1) is 12.1. The lowest BCUT2D eigenvalue weighted by Gasteiger charge is -2.33. The average Bonchev–Trinajstić information content (AvgIpc) is 3.10. The van der Waals surface area contributed by atoms with Crippen molar-refractivity contribution in [3.05, 3.63) is 18.3 Å². The number of pyridine rings is 1. The van der Waals surface area contributed by atoms with E-state index in [1.54, 1.807) is 11.1 Å². The van der Waals surface area contributed by atoms with Crippen LogP contribution in [-0.2, 0) is 9.53 Å². The number of aromatic nitrogens is 1. The lowest BCUT2D eigenvalue weighted by molar-refractivity contribution is -0.142. The van der Waals surface area contributed by atoms with Gasteiger partial charge in [-0.2, -0.15) is 5.26 Å². The molecule has 0 saturated carbocycles. The standard InChI is InChI=1S/C18H24N4O3/c1-21(2)16-15(4-3-8-20-16)25-14-5-9-22(12-14)17(23)18(13-19)6-10-24-11-7-18/h3-4,8,14H,5-7,9-12H2,1-2H3/t14-/m1/s1. The first-order valence-electron chi connectivity index (χ1n) is 8.63. The highest BCUT2D eigenvalue weighted by Crippen LogP contribution is 2.34. The lowest BCUT2D eigenvalue weighted by Crippen LogP contribution is -2.45. The van der Waals surface area contributed by atoms with Gasteiger partial charge in [-0.3, -0.25) is 4.79 Å². The fourth-order valence-corrected chi connectivity index (χ4v) is 3.39. The van der Waals surface area contributed by atoms with Gasteiger partial charge in [0.2, 0.25) is 5.91 Å². The van der Waals surface area contributed by atoms with Crippen LogP contribution in [0.3, 0.4) is 0 Å². The summed E-state index contributed by atoms with van der Waals surface area (Å²) in [6.45, 7) is 2.06. The predicted molar refractivity (Wildman–Crippen MR) is 92.3 cm³/mol. The van der Waals surface area contributed by atoms with E-state index < -0.39 is 5.41 Å². The highest BCUT2D eigenvalue weighted by molar-refractivity contribution is 5.86. The van der Waals surface area contributed by atoms with Crippen molar-refractivity contribution in [1.82, 2.24) is 9.88 Å². The minimum Gasteiger partial charge on any atom is -0.485 e. The summed E-state index contributed by atoms with van der Waals surface area (Å²) in [4.78, 5) is 20.9. The molecule has 7 nitrogen and oxygen atoms in total. The normalized spacial score (nSPS) is 22.3. The fraction of sp³-hybridized carbons (Fsp3) is 0.611. The number of rotatable bonds is 4. The smallest absolute Gasteiger partial charge is 0.243 e. The molecular weight excluding hydrogens is 320 g/mol. The number of nitrogens with zero attached hydrogens (tertiary/aromatic N) is 4. The molecule has 7 heteroatoms. The molecule has 0 bridgehead atoms. The van der Waals surface area contributed by atoms with Gasteiger partial charge < -0.3 is 19.3 Å². The minimum atomic E-state index is -0.934. The van der Waals surface area contributed by atoms with Crippen molar-refractivity contribution in [3.8, 4) is 11.8 Å². The Bertz CT molecular complexity index is 665. The molecule has 0 aromatic carbocycles. The predicted octanol–water partition coefficient (Wildman–Crippen LogP) is 1.45. The second kappa shape index (κ2) is 7.28. The minimum absolute atomic E-state index is 0.0802. The summed E-state index contributed by atoms with van der Waals surface area (Å²) in [6, 6.07) is 5.99. The maximum absolute atomic E-state index is 12.9. The fourth-order valence-electron chi connectivity index (χ4n) is 3.39.